The molecule has 1 aromatic heterocycles. The van der Waals surface area contributed by atoms with Crippen molar-refractivity contribution in [2.45, 2.75) is 131 Å². The highest BCUT2D eigenvalue weighted by molar-refractivity contribution is 5.06. The molecule has 2 N–H and O–H groups in total. The Hall–Kier alpha value is -1.27. The lowest BCUT2D eigenvalue weighted by Crippen LogP contribution is -2.32. The first-order chi connectivity index (χ1) is 16.4. The predicted molar refractivity (Wildman–Crippen MR) is 142 cm³/mol. The standard InChI is InChI=1S/C28H54N2O4/c1-6-27(7-2,17-11-14-20-31)18-12-15-21-34-22-16-13-19-28(8-3,9-4)24-30-25(32)23-29(10-5)26(30)33/h23,31-32H,6-22,24H2,1-5H3. The Morgan fingerprint density at radius 2 is 1.29 bits per heavy atom. The van der Waals surface area contributed by atoms with Crippen molar-refractivity contribution in [1.82, 2.24) is 9.13 Å². The molecule has 0 aromatic carbocycles. The van der Waals surface area contributed by atoms with Crippen LogP contribution < -0.4 is 5.69 Å². The van der Waals surface area contributed by atoms with Gasteiger partial charge in [0.05, 0.1) is 6.20 Å². The number of aromatic nitrogens is 2. The van der Waals surface area contributed by atoms with Crippen molar-refractivity contribution >= 4 is 0 Å². The topological polar surface area (TPSA) is 76.6 Å². The lowest BCUT2D eigenvalue weighted by Gasteiger charge is -2.32. The molecule has 0 radical (unpaired) electrons. The molecule has 1 heterocycles. The first kappa shape index (κ1) is 30.8. The van der Waals surface area contributed by atoms with Crippen LogP contribution in [0.3, 0.4) is 0 Å². The van der Waals surface area contributed by atoms with Crippen LogP contribution in [0.1, 0.15) is 118 Å². The largest absolute Gasteiger partial charge is 0.493 e. The maximum absolute atomic E-state index is 12.5. The number of imidazole rings is 1. The zero-order valence-corrected chi connectivity index (χ0v) is 22.9. The van der Waals surface area contributed by atoms with Crippen molar-refractivity contribution in [3.63, 3.8) is 0 Å². The van der Waals surface area contributed by atoms with Gasteiger partial charge >= 0.3 is 5.69 Å². The van der Waals surface area contributed by atoms with Gasteiger partial charge in [-0.05, 0) is 69.1 Å². The maximum Gasteiger partial charge on any atom is 0.331 e. The van der Waals surface area contributed by atoms with E-state index >= 15 is 0 Å². The number of hydrogen-bond acceptors (Lipinski definition) is 4. The van der Waals surface area contributed by atoms with E-state index in [1.54, 1.807) is 15.3 Å². The van der Waals surface area contributed by atoms with Crippen LogP contribution in [0.25, 0.3) is 0 Å². The van der Waals surface area contributed by atoms with Gasteiger partial charge in [0, 0.05) is 32.9 Å². The number of unbranched alkanes of at least 4 members (excludes halogenated alkanes) is 3. The molecule has 0 spiro atoms. The van der Waals surface area contributed by atoms with E-state index in [0.717, 1.165) is 64.6 Å². The third kappa shape index (κ3) is 9.41. The third-order valence-corrected chi connectivity index (χ3v) is 8.47. The Labute approximate surface area is 208 Å². The fourth-order valence-corrected chi connectivity index (χ4v) is 5.34. The van der Waals surface area contributed by atoms with Crippen molar-refractivity contribution in [3.05, 3.63) is 16.7 Å². The van der Waals surface area contributed by atoms with Crippen LogP contribution in [-0.4, -0.2) is 39.2 Å². The minimum absolute atomic E-state index is 0.0287. The summed E-state index contributed by atoms with van der Waals surface area (Å²) < 4.78 is 9.05. The zero-order valence-electron chi connectivity index (χ0n) is 22.9. The monoisotopic (exact) mass is 482 g/mol. The molecule has 0 aliphatic rings. The molecule has 0 bridgehead atoms. The van der Waals surface area contributed by atoms with E-state index in [2.05, 4.69) is 27.7 Å². The van der Waals surface area contributed by atoms with Crippen molar-refractivity contribution in [1.29, 1.82) is 0 Å². The van der Waals surface area contributed by atoms with Crippen LogP contribution in [0.2, 0.25) is 0 Å². The SMILES string of the molecule is CCn1cc(O)n(CC(CC)(CC)CCCCOCCCCC(CC)(CC)CCCCO)c1=O. The van der Waals surface area contributed by atoms with E-state index in [4.69, 9.17) is 9.84 Å². The summed E-state index contributed by atoms with van der Waals surface area (Å²) in [5, 5.41) is 19.3. The van der Waals surface area contributed by atoms with E-state index in [9.17, 15) is 9.90 Å². The fourth-order valence-electron chi connectivity index (χ4n) is 5.34. The number of nitrogens with zero attached hydrogens (tertiary/aromatic N) is 2. The second kappa shape index (κ2) is 16.4. The molecule has 0 saturated carbocycles. The number of aromatic hydroxyl groups is 1. The molecular formula is C28H54N2O4. The lowest BCUT2D eigenvalue weighted by atomic mass is 9.74. The van der Waals surface area contributed by atoms with Crippen molar-refractivity contribution < 1.29 is 14.9 Å². The second-order valence-electron chi connectivity index (χ2n) is 10.3. The maximum atomic E-state index is 12.5. The van der Waals surface area contributed by atoms with E-state index < -0.39 is 0 Å². The highest BCUT2D eigenvalue weighted by Gasteiger charge is 2.28. The third-order valence-electron chi connectivity index (χ3n) is 8.47. The first-order valence-corrected chi connectivity index (χ1v) is 14.0. The molecule has 0 fully saturated rings. The number of aliphatic hydroxyl groups excluding tert-OH is 1. The van der Waals surface area contributed by atoms with E-state index in [0.29, 0.717) is 25.1 Å². The minimum atomic E-state index is -0.113. The highest BCUT2D eigenvalue weighted by atomic mass is 16.5. The average Bonchev–Trinajstić information content (AvgIpc) is 3.13. The van der Waals surface area contributed by atoms with Gasteiger partial charge in [-0.2, -0.15) is 0 Å². The molecule has 0 saturated heterocycles. The fraction of sp³-hybridized carbons (Fsp3) is 0.893. The second-order valence-corrected chi connectivity index (χ2v) is 10.3. The Kier molecular flexibility index (Phi) is 14.8. The van der Waals surface area contributed by atoms with Crippen LogP contribution in [0, 0.1) is 10.8 Å². The molecule has 6 heteroatoms. The van der Waals surface area contributed by atoms with E-state index in [-0.39, 0.29) is 17.0 Å². The molecule has 34 heavy (non-hydrogen) atoms. The number of rotatable bonds is 21. The van der Waals surface area contributed by atoms with Crippen molar-refractivity contribution in [2.24, 2.45) is 10.8 Å². The van der Waals surface area contributed by atoms with Gasteiger partial charge < -0.3 is 14.9 Å². The summed E-state index contributed by atoms with van der Waals surface area (Å²) in [4.78, 5) is 12.5. The summed E-state index contributed by atoms with van der Waals surface area (Å²) in [6.45, 7) is 14.0. The molecule has 1 rings (SSSR count). The quantitative estimate of drug-likeness (QED) is 0.196. The van der Waals surface area contributed by atoms with Gasteiger partial charge in [-0.1, -0.05) is 59.8 Å². The summed E-state index contributed by atoms with van der Waals surface area (Å²) >= 11 is 0. The summed E-state index contributed by atoms with van der Waals surface area (Å²) in [7, 11) is 0. The number of ether oxygens (including phenoxy) is 1. The van der Waals surface area contributed by atoms with Crippen LogP contribution in [0.15, 0.2) is 11.0 Å². The summed E-state index contributed by atoms with van der Waals surface area (Å²) in [5.74, 6) is 0.0741. The van der Waals surface area contributed by atoms with Gasteiger partial charge in [0.25, 0.3) is 0 Å². The first-order valence-electron chi connectivity index (χ1n) is 14.0. The lowest BCUT2D eigenvalue weighted by molar-refractivity contribution is 0.112. The molecule has 0 unspecified atom stereocenters. The number of hydrogen-bond donors (Lipinski definition) is 2. The van der Waals surface area contributed by atoms with E-state index in [1.807, 2.05) is 6.92 Å². The Bertz CT molecular complexity index is 702. The van der Waals surface area contributed by atoms with Gasteiger partial charge in [0.1, 0.15) is 0 Å². The van der Waals surface area contributed by atoms with Gasteiger partial charge in [-0.15, -0.1) is 0 Å². The van der Waals surface area contributed by atoms with Crippen LogP contribution in [0.4, 0.5) is 0 Å². The van der Waals surface area contributed by atoms with Gasteiger partial charge in [-0.25, -0.2) is 4.79 Å². The smallest absolute Gasteiger partial charge is 0.331 e. The van der Waals surface area contributed by atoms with Crippen molar-refractivity contribution in [2.75, 3.05) is 19.8 Å². The van der Waals surface area contributed by atoms with Crippen LogP contribution in [0.5, 0.6) is 5.88 Å². The van der Waals surface area contributed by atoms with Crippen LogP contribution in [-0.2, 0) is 17.8 Å². The molecular weight excluding hydrogens is 428 g/mol. The Morgan fingerprint density at radius 3 is 1.74 bits per heavy atom. The molecule has 0 aliphatic heterocycles. The zero-order chi connectivity index (χ0) is 25.5. The summed E-state index contributed by atoms with van der Waals surface area (Å²) in [6, 6.07) is 0. The average molecular weight is 483 g/mol. The molecule has 0 atom stereocenters. The van der Waals surface area contributed by atoms with Gasteiger partial charge in [-0.3, -0.25) is 9.13 Å². The van der Waals surface area contributed by atoms with E-state index in [1.165, 1.54) is 32.1 Å². The minimum Gasteiger partial charge on any atom is -0.493 e. The molecule has 0 amide bonds. The Morgan fingerprint density at radius 1 is 0.794 bits per heavy atom. The van der Waals surface area contributed by atoms with Crippen LogP contribution >= 0.6 is 0 Å². The number of aryl methyl sites for hydroxylation is 1. The highest BCUT2D eigenvalue weighted by Crippen LogP contribution is 2.38. The molecule has 0 aliphatic carbocycles. The van der Waals surface area contributed by atoms with Gasteiger partial charge in [0.15, 0.2) is 0 Å². The molecule has 1 aromatic rings. The summed E-state index contributed by atoms with van der Waals surface area (Å²) in [6.07, 6.45) is 16.0. The summed E-state index contributed by atoms with van der Waals surface area (Å²) in [5.41, 5.74) is 0.354. The number of aliphatic hydroxyl groups is 1. The normalized spacial score (nSPS) is 12.5. The molecule has 200 valence electrons. The molecule has 6 nitrogen and oxygen atoms in total. The van der Waals surface area contributed by atoms with Gasteiger partial charge in [0.2, 0.25) is 5.88 Å². The van der Waals surface area contributed by atoms with Crippen molar-refractivity contribution in [3.8, 4) is 5.88 Å². The predicted octanol–water partition coefficient (Wildman–Crippen LogP) is 6.51. The Balaban J connectivity index is 2.35.